The third kappa shape index (κ3) is 3.06. The predicted molar refractivity (Wildman–Crippen MR) is 88.4 cm³/mol. The fourth-order valence-corrected chi connectivity index (χ4v) is 4.72. The number of aromatic nitrogens is 1. The zero-order chi connectivity index (χ0) is 16.6. The van der Waals surface area contributed by atoms with Crippen molar-refractivity contribution >= 4 is 23.2 Å². The summed E-state index contributed by atoms with van der Waals surface area (Å²) in [6.45, 7) is 4.37. The number of piperidine rings is 1. The minimum Gasteiger partial charge on any atom is -0.352 e. The first-order chi connectivity index (χ1) is 10.9. The molecule has 0 bridgehead atoms. The van der Waals surface area contributed by atoms with Gasteiger partial charge in [0.2, 0.25) is 11.8 Å². The van der Waals surface area contributed by atoms with Gasteiger partial charge in [-0.3, -0.25) is 19.0 Å². The molecule has 3 rings (SSSR count). The van der Waals surface area contributed by atoms with Gasteiger partial charge in [0.15, 0.2) is 0 Å². The first-order valence-corrected chi connectivity index (χ1v) is 9.02. The molecule has 1 spiro atoms. The van der Waals surface area contributed by atoms with E-state index in [1.807, 2.05) is 11.8 Å². The number of aryl methyl sites for hydroxylation is 1. The highest BCUT2D eigenvalue weighted by molar-refractivity contribution is 7.07. The molecule has 6 nitrogen and oxygen atoms in total. The number of hydrogen-bond donors (Lipinski definition) is 1. The molecule has 2 aliphatic rings. The van der Waals surface area contributed by atoms with Gasteiger partial charge in [0.25, 0.3) is 0 Å². The van der Waals surface area contributed by atoms with E-state index in [-0.39, 0.29) is 34.8 Å². The second-order valence-corrected chi connectivity index (χ2v) is 7.57. The molecule has 1 aliphatic carbocycles. The molecular weight excluding hydrogens is 314 g/mol. The fourth-order valence-electron chi connectivity index (χ4n) is 3.98. The Morgan fingerprint density at radius 3 is 2.74 bits per heavy atom. The van der Waals surface area contributed by atoms with E-state index in [1.54, 1.807) is 12.3 Å². The van der Waals surface area contributed by atoms with Crippen LogP contribution in [0.4, 0.5) is 0 Å². The van der Waals surface area contributed by atoms with Crippen LogP contribution in [0.3, 0.4) is 0 Å². The Bertz CT molecular complexity index is 672. The third-order valence-corrected chi connectivity index (χ3v) is 6.00. The van der Waals surface area contributed by atoms with Crippen LogP contribution in [-0.4, -0.2) is 39.4 Å². The number of hydrogen-bond acceptors (Lipinski definition) is 4. The van der Waals surface area contributed by atoms with Crippen LogP contribution in [0, 0.1) is 6.92 Å². The van der Waals surface area contributed by atoms with E-state index in [0.717, 1.165) is 55.7 Å². The molecule has 2 fully saturated rings. The highest BCUT2D eigenvalue weighted by atomic mass is 32.1. The van der Waals surface area contributed by atoms with E-state index in [0.29, 0.717) is 0 Å². The second-order valence-electron chi connectivity index (χ2n) is 6.75. The van der Waals surface area contributed by atoms with E-state index < -0.39 is 0 Å². The lowest BCUT2D eigenvalue weighted by Crippen LogP contribution is -2.66. The van der Waals surface area contributed by atoms with E-state index in [9.17, 15) is 14.4 Å². The molecule has 2 heterocycles. The molecule has 1 N–H and O–H groups in total. The quantitative estimate of drug-likeness (QED) is 0.903. The number of thiazole rings is 1. The van der Waals surface area contributed by atoms with Gasteiger partial charge in [-0.05, 0) is 39.0 Å². The summed E-state index contributed by atoms with van der Waals surface area (Å²) in [4.78, 5) is 37.5. The third-order valence-electron chi connectivity index (χ3n) is 5.12. The number of rotatable bonds is 3. The van der Waals surface area contributed by atoms with Crippen molar-refractivity contribution in [3.8, 4) is 0 Å². The summed E-state index contributed by atoms with van der Waals surface area (Å²) in [7, 11) is 0. The van der Waals surface area contributed by atoms with E-state index in [4.69, 9.17) is 0 Å². The van der Waals surface area contributed by atoms with Crippen molar-refractivity contribution in [1.29, 1.82) is 0 Å². The number of nitrogens with one attached hydrogen (secondary N) is 1. The standard InChI is InChI=1S/C16H23N3O3S/c1-11-10-23-15(22)18(11)9-14(21)17-13-7-16(8-13)5-3-4-6-19(16)12(2)20/h10,13H,3-9H2,1-2H3,(H,17,21). The largest absolute Gasteiger partial charge is 0.352 e. The highest BCUT2D eigenvalue weighted by Gasteiger charge is 2.50. The molecule has 0 unspecified atom stereocenters. The van der Waals surface area contributed by atoms with Crippen molar-refractivity contribution in [2.75, 3.05) is 6.54 Å². The summed E-state index contributed by atoms with van der Waals surface area (Å²) < 4.78 is 1.50. The topological polar surface area (TPSA) is 71.4 Å². The zero-order valence-corrected chi connectivity index (χ0v) is 14.4. The molecule has 0 aromatic carbocycles. The number of nitrogens with zero attached hydrogens (tertiary/aromatic N) is 2. The highest BCUT2D eigenvalue weighted by Crippen LogP contribution is 2.44. The Labute approximate surface area is 139 Å². The van der Waals surface area contributed by atoms with Crippen molar-refractivity contribution in [2.24, 2.45) is 0 Å². The molecule has 1 aromatic heterocycles. The lowest BCUT2D eigenvalue weighted by molar-refractivity contribution is -0.145. The van der Waals surface area contributed by atoms with Crippen LogP contribution >= 0.6 is 11.3 Å². The SMILES string of the molecule is CC(=O)N1CCCCC12CC(NC(=O)Cn1c(C)csc1=O)C2. The van der Waals surface area contributed by atoms with Crippen LogP contribution in [0.25, 0.3) is 0 Å². The van der Waals surface area contributed by atoms with Gasteiger partial charge in [-0.15, -0.1) is 0 Å². The average molecular weight is 337 g/mol. The Kier molecular flexibility index (Phi) is 4.31. The molecule has 1 aliphatic heterocycles. The fraction of sp³-hybridized carbons (Fsp3) is 0.688. The van der Waals surface area contributed by atoms with Crippen LogP contribution in [0.2, 0.25) is 0 Å². The summed E-state index contributed by atoms with van der Waals surface area (Å²) in [6, 6.07) is 0.108. The molecule has 1 aromatic rings. The van der Waals surface area contributed by atoms with Crippen molar-refractivity contribution in [2.45, 2.75) is 64.1 Å². The van der Waals surface area contributed by atoms with Gasteiger partial charge in [-0.1, -0.05) is 11.3 Å². The first kappa shape index (κ1) is 16.2. The Morgan fingerprint density at radius 1 is 1.39 bits per heavy atom. The van der Waals surface area contributed by atoms with E-state index in [1.165, 1.54) is 4.57 Å². The van der Waals surface area contributed by atoms with Crippen LogP contribution in [-0.2, 0) is 16.1 Å². The van der Waals surface area contributed by atoms with Crippen LogP contribution in [0.1, 0.15) is 44.7 Å². The van der Waals surface area contributed by atoms with Gasteiger partial charge in [0.05, 0.1) is 0 Å². The maximum absolute atomic E-state index is 12.2. The van der Waals surface area contributed by atoms with Gasteiger partial charge in [0, 0.05) is 36.1 Å². The number of carbonyl (C=O) groups is 2. The van der Waals surface area contributed by atoms with Crippen LogP contribution < -0.4 is 10.2 Å². The molecule has 1 saturated carbocycles. The minimum atomic E-state index is -0.126. The number of likely N-dealkylation sites (tertiary alicyclic amines) is 1. The Morgan fingerprint density at radius 2 is 2.13 bits per heavy atom. The van der Waals surface area contributed by atoms with Crippen molar-refractivity contribution in [1.82, 2.24) is 14.8 Å². The first-order valence-electron chi connectivity index (χ1n) is 8.14. The average Bonchev–Trinajstić information content (AvgIpc) is 2.77. The number of amides is 2. The molecule has 0 radical (unpaired) electrons. The summed E-state index contributed by atoms with van der Waals surface area (Å²) >= 11 is 1.12. The van der Waals surface area contributed by atoms with Gasteiger partial charge < -0.3 is 10.2 Å². The van der Waals surface area contributed by atoms with Crippen molar-refractivity contribution < 1.29 is 9.59 Å². The summed E-state index contributed by atoms with van der Waals surface area (Å²) in [6.07, 6.45) is 4.90. The summed E-state index contributed by atoms with van der Waals surface area (Å²) in [5.74, 6) is 0.00793. The van der Waals surface area contributed by atoms with Crippen molar-refractivity contribution in [3.63, 3.8) is 0 Å². The van der Waals surface area contributed by atoms with E-state index in [2.05, 4.69) is 5.32 Å². The monoisotopic (exact) mass is 337 g/mol. The zero-order valence-electron chi connectivity index (χ0n) is 13.6. The molecule has 126 valence electrons. The van der Waals surface area contributed by atoms with Gasteiger partial charge in [0.1, 0.15) is 6.54 Å². The van der Waals surface area contributed by atoms with Gasteiger partial charge >= 0.3 is 4.87 Å². The minimum absolute atomic E-state index is 0.0445. The van der Waals surface area contributed by atoms with E-state index >= 15 is 0 Å². The Balaban J connectivity index is 1.56. The summed E-state index contributed by atoms with van der Waals surface area (Å²) in [5.41, 5.74) is 0.771. The predicted octanol–water partition coefficient (Wildman–Crippen LogP) is 1.27. The summed E-state index contributed by atoms with van der Waals surface area (Å²) in [5, 5.41) is 4.77. The molecular formula is C16H23N3O3S. The normalized spacial score (nSPS) is 26.9. The molecule has 7 heteroatoms. The smallest absolute Gasteiger partial charge is 0.307 e. The molecule has 23 heavy (non-hydrogen) atoms. The number of carbonyl (C=O) groups excluding carboxylic acids is 2. The maximum atomic E-state index is 12.2. The van der Waals surface area contributed by atoms with Crippen LogP contribution in [0.15, 0.2) is 10.2 Å². The molecule has 0 atom stereocenters. The second kappa shape index (κ2) is 6.11. The van der Waals surface area contributed by atoms with Crippen molar-refractivity contribution in [3.05, 3.63) is 20.7 Å². The van der Waals surface area contributed by atoms with Gasteiger partial charge in [-0.25, -0.2) is 0 Å². The van der Waals surface area contributed by atoms with Crippen LogP contribution in [0.5, 0.6) is 0 Å². The Hall–Kier alpha value is -1.63. The molecule has 2 amide bonds. The molecule has 1 saturated heterocycles. The van der Waals surface area contributed by atoms with Gasteiger partial charge in [-0.2, -0.15) is 0 Å². The maximum Gasteiger partial charge on any atom is 0.307 e. The lowest BCUT2D eigenvalue weighted by Gasteiger charge is -2.56. The lowest BCUT2D eigenvalue weighted by atomic mass is 9.66.